The first kappa shape index (κ1) is 18.7. The molecule has 3 aromatic rings. The molecule has 0 fully saturated rings. The number of nitrogens with zero attached hydrogens (tertiary/aromatic N) is 3. The summed E-state index contributed by atoms with van der Waals surface area (Å²) in [5, 5.41) is 15.9. The van der Waals surface area contributed by atoms with Crippen molar-refractivity contribution in [2.75, 3.05) is 5.73 Å². The summed E-state index contributed by atoms with van der Waals surface area (Å²) in [6, 6.07) is 14.6. The van der Waals surface area contributed by atoms with Gasteiger partial charge in [0.1, 0.15) is 11.4 Å². The van der Waals surface area contributed by atoms with Gasteiger partial charge in [-0.1, -0.05) is 42.5 Å². The minimum atomic E-state index is -0.634. The van der Waals surface area contributed by atoms with Gasteiger partial charge in [-0.25, -0.2) is 4.68 Å². The molecule has 1 amide bonds. The number of nitrogen functional groups attached to an aromatic ring is 1. The Morgan fingerprint density at radius 1 is 1.17 bits per heavy atom. The molecule has 29 heavy (non-hydrogen) atoms. The summed E-state index contributed by atoms with van der Waals surface area (Å²) in [4.78, 5) is 23.0. The molecule has 4 rings (SSSR count). The highest BCUT2D eigenvalue weighted by Crippen LogP contribution is 2.35. The highest BCUT2D eigenvalue weighted by molar-refractivity contribution is 5.98. The first-order valence-corrected chi connectivity index (χ1v) is 9.40. The van der Waals surface area contributed by atoms with E-state index in [1.807, 2.05) is 12.1 Å². The fourth-order valence-electron chi connectivity index (χ4n) is 4.07. The lowest BCUT2D eigenvalue weighted by atomic mass is 9.81. The number of carbonyl (C=O) groups is 1. The number of aryl methyl sites for hydroxylation is 1. The van der Waals surface area contributed by atoms with Crippen molar-refractivity contribution in [1.29, 1.82) is 0 Å². The maximum atomic E-state index is 12.2. The average molecular weight is 391 g/mol. The minimum Gasteiger partial charge on any atom is -0.383 e. The Bertz CT molecular complexity index is 1110. The summed E-state index contributed by atoms with van der Waals surface area (Å²) in [6.07, 6.45) is 2.47. The molecule has 1 aliphatic carbocycles. The maximum absolute atomic E-state index is 12.2. The van der Waals surface area contributed by atoms with Crippen LogP contribution in [0.25, 0.3) is 0 Å². The molecule has 4 N–H and O–H groups in total. The summed E-state index contributed by atoms with van der Waals surface area (Å²) in [6.45, 7) is 0.0899. The average Bonchev–Trinajstić information content (AvgIpc) is 3.04. The zero-order valence-corrected chi connectivity index (χ0v) is 15.7. The van der Waals surface area contributed by atoms with Gasteiger partial charge in [0.25, 0.3) is 11.6 Å². The molecule has 0 saturated carbocycles. The summed E-state index contributed by atoms with van der Waals surface area (Å²) in [7, 11) is 0. The van der Waals surface area contributed by atoms with E-state index in [9.17, 15) is 14.9 Å². The Kier molecular flexibility index (Phi) is 4.75. The van der Waals surface area contributed by atoms with Crippen molar-refractivity contribution in [2.24, 2.45) is 5.73 Å². The molecular weight excluding hydrogens is 370 g/mol. The molecule has 1 unspecified atom stereocenters. The van der Waals surface area contributed by atoms with Crippen molar-refractivity contribution in [3.8, 4) is 0 Å². The van der Waals surface area contributed by atoms with E-state index >= 15 is 0 Å². The lowest BCUT2D eigenvalue weighted by Gasteiger charge is -2.23. The quantitative estimate of drug-likeness (QED) is 0.510. The van der Waals surface area contributed by atoms with E-state index in [4.69, 9.17) is 11.5 Å². The number of carbonyl (C=O) groups excluding carboxylic acids is 1. The number of nitro benzene ring substituents is 1. The van der Waals surface area contributed by atoms with Crippen molar-refractivity contribution >= 4 is 17.4 Å². The van der Waals surface area contributed by atoms with Gasteiger partial charge in [-0.3, -0.25) is 14.9 Å². The van der Waals surface area contributed by atoms with E-state index in [1.165, 1.54) is 21.9 Å². The Balaban J connectivity index is 1.72. The van der Waals surface area contributed by atoms with Crippen LogP contribution < -0.4 is 11.5 Å². The third-order valence-corrected chi connectivity index (χ3v) is 5.51. The van der Waals surface area contributed by atoms with Gasteiger partial charge in [0.2, 0.25) is 0 Å². The monoisotopic (exact) mass is 391 g/mol. The number of anilines is 1. The largest absolute Gasteiger partial charge is 0.383 e. The smallest absolute Gasteiger partial charge is 0.274 e. The zero-order chi connectivity index (χ0) is 20.5. The van der Waals surface area contributed by atoms with Crippen LogP contribution in [0.5, 0.6) is 0 Å². The molecule has 1 atom stereocenters. The molecule has 1 heterocycles. The number of rotatable bonds is 5. The first-order valence-electron chi connectivity index (χ1n) is 9.40. The molecule has 0 saturated heterocycles. The van der Waals surface area contributed by atoms with Crippen molar-refractivity contribution in [3.05, 3.63) is 86.6 Å². The van der Waals surface area contributed by atoms with E-state index in [0.29, 0.717) is 11.3 Å². The van der Waals surface area contributed by atoms with Gasteiger partial charge in [-0.15, -0.1) is 0 Å². The van der Waals surface area contributed by atoms with Gasteiger partial charge in [0, 0.05) is 12.0 Å². The van der Waals surface area contributed by atoms with Crippen LogP contribution >= 0.6 is 0 Å². The summed E-state index contributed by atoms with van der Waals surface area (Å²) in [5.41, 5.74) is 15.6. The number of fused-ring (bicyclic) bond motifs is 1. The van der Waals surface area contributed by atoms with E-state index in [1.54, 1.807) is 18.2 Å². The van der Waals surface area contributed by atoms with E-state index in [2.05, 4.69) is 17.2 Å². The van der Waals surface area contributed by atoms with Crippen LogP contribution in [0.1, 0.15) is 45.1 Å². The fourth-order valence-corrected chi connectivity index (χ4v) is 4.07. The van der Waals surface area contributed by atoms with E-state index in [-0.39, 0.29) is 29.5 Å². The van der Waals surface area contributed by atoms with E-state index in [0.717, 1.165) is 19.3 Å². The predicted molar refractivity (Wildman–Crippen MR) is 109 cm³/mol. The van der Waals surface area contributed by atoms with Gasteiger partial charge >= 0.3 is 0 Å². The molecule has 8 nitrogen and oxygen atoms in total. The van der Waals surface area contributed by atoms with Crippen LogP contribution in [0.2, 0.25) is 0 Å². The first-order chi connectivity index (χ1) is 14.0. The molecule has 0 bridgehead atoms. The van der Waals surface area contributed by atoms with Crippen LogP contribution in [0.4, 0.5) is 11.5 Å². The Hall–Kier alpha value is -3.68. The Morgan fingerprint density at radius 3 is 2.59 bits per heavy atom. The second-order valence-corrected chi connectivity index (χ2v) is 7.26. The number of hydrogen-bond donors (Lipinski definition) is 2. The number of nitrogens with two attached hydrogens (primary N) is 2. The highest BCUT2D eigenvalue weighted by atomic mass is 16.6. The van der Waals surface area contributed by atoms with Crippen LogP contribution in [0.3, 0.4) is 0 Å². The molecule has 1 aromatic heterocycles. The van der Waals surface area contributed by atoms with Gasteiger partial charge in [0.15, 0.2) is 0 Å². The highest BCUT2D eigenvalue weighted by Gasteiger charge is 2.29. The minimum absolute atomic E-state index is 0.0155. The lowest BCUT2D eigenvalue weighted by molar-refractivity contribution is -0.385. The molecule has 148 valence electrons. The van der Waals surface area contributed by atoms with Gasteiger partial charge < -0.3 is 11.5 Å². The summed E-state index contributed by atoms with van der Waals surface area (Å²) < 4.78 is 1.44. The summed E-state index contributed by atoms with van der Waals surface area (Å²) >= 11 is 0. The predicted octanol–water partition coefficient (Wildman–Crippen LogP) is 2.79. The molecule has 0 spiro atoms. The lowest BCUT2D eigenvalue weighted by Crippen LogP contribution is -2.19. The van der Waals surface area contributed by atoms with Gasteiger partial charge in [0.05, 0.1) is 22.7 Å². The number of nitro groups is 1. The van der Waals surface area contributed by atoms with Crippen LogP contribution in [-0.2, 0) is 19.4 Å². The van der Waals surface area contributed by atoms with Crippen LogP contribution in [-0.4, -0.2) is 20.6 Å². The molecular formula is C21H21N5O3. The number of benzene rings is 2. The van der Waals surface area contributed by atoms with Crippen molar-refractivity contribution in [3.63, 3.8) is 0 Å². The van der Waals surface area contributed by atoms with Crippen LogP contribution in [0.15, 0.2) is 48.5 Å². The van der Waals surface area contributed by atoms with Crippen molar-refractivity contribution < 1.29 is 9.72 Å². The molecule has 2 aromatic carbocycles. The Labute approximate surface area is 167 Å². The van der Waals surface area contributed by atoms with Gasteiger partial charge in [-0.05, 0) is 30.4 Å². The molecule has 1 aliphatic rings. The second kappa shape index (κ2) is 7.38. The zero-order valence-electron chi connectivity index (χ0n) is 15.7. The van der Waals surface area contributed by atoms with E-state index < -0.39 is 10.8 Å². The Morgan fingerprint density at radius 2 is 1.86 bits per heavy atom. The fraction of sp³-hybridized carbons (Fsp3) is 0.238. The van der Waals surface area contributed by atoms with Crippen LogP contribution in [0, 0.1) is 10.1 Å². The standard InChI is InChI=1S/C21H21N5O3/c22-20-18(21(23)27)19(15-10-9-13-5-1-2-6-14(13)11-15)24-25(20)12-16-7-3-4-8-17(16)26(28)29/h1-8,15H,9-12,22H2,(H2,23,27). The third-order valence-electron chi connectivity index (χ3n) is 5.51. The number of amides is 1. The molecule has 0 aliphatic heterocycles. The SMILES string of the molecule is NC(=O)c1c(C2CCc3ccccc3C2)nn(Cc2ccccc2[N+](=O)[O-])c1N. The number of aromatic nitrogens is 2. The number of hydrogen-bond acceptors (Lipinski definition) is 5. The van der Waals surface area contributed by atoms with Crippen molar-refractivity contribution in [1.82, 2.24) is 9.78 Å². The normalized spacial score (nSPS) is 15.7. The summed E-state index contributed by atoms with van der Waals surface area (Å²) in [5.74, 6) is -0.476. The maximum Gasteiger partial charge on any atom is 0.274 e. The van der Waals surface area contributed by atoms with Crippen molar-refractivity contribution in [2.45, 2.75) is 31.7 Å². The van der Waals surface area contributed by atoms with Gasteiger partial charge in [-0.2, -0.15) is 5.10 Å². The number of primary amides is 1. The second-order valence-electron chi connectivity index (χ2n) is 7.26. The molecule has 0 radical (unpaired) electrons. The third kappa shape index (κ3) is 3.44. The molecule has 8 heteroatoms. The number of para-hydroxylation sites is 1. The topological polar surface area (TPSA) is 130 Å².